The van der Waals surface area contributed by atoms with Gasteiger partial charge in [0.25, 0.3) is 5.91 Å². The van der Waals surface area contributed by atoms with Crippen molar-refractivity contribution in [2.75, 3.05) is 6.54 Å². The molecule has 1 N–H and O–H groups in total. The molecule has 2 aliphatic heterocycles. The van der Waals surface area contributed by atoms with Gasteiger partial charge in [-0.25, -0.2) is 0 Å². The van der Waals surface area contributed by atoms with E-state index in [1.165, 1.54) is 24.8 Å². The molecule has 1 amide bonds. The van der Waals surface area contributed by atoms with Crippen LogP contribution in [0.25, 0.3) is 0 Å². The number of aromatic nitrogens is 1. The number of benzene rings is 1. The zero-order valence-corrected chi connectivity index (χ0v) is 15.4. The van der Waals surface area contributed by atoms with E-state index in [-0.39, 0.29) is 23.5 Å². The Balaban J connectivity index is 1.75. The Morgan fingerprint density at radius 1 is 1.12 bits per heavy atom. The van der Waals surface area contributed by atoms with Crippen molar-refractivity contribution in [2.24, 2.45) is 0 Å². The summed E-state index contributed by atoms with van der Waals surface area (Å²) in [4.78, 5) is 19.9. The van der Waals surface area contributed by atoms with Crippen LogP contribution >= 0.6 is 0 Å². The Kier molecular flexibility index (Phi) is 4.77. The van der Waals surface area contributed by atoms with Crippen molar-refractivity contribution in [3.8, 4) is 0 Å². The number of nitrogens with one attached hydrogen (secondary N) is 1. The Labute approximate surface area is 155 Å². The Hall–Kier alpha value is -2.20. The summed E-state index contributed by atoms with van der Waals surface area (Å²) in [7, 11) is 0. The van der Waals surface area contributed by atoms with Crippen LogP contribution in [0.3, 0.4) is 0 Å². The summed E-state index contributed by atoms with van der Waals surface area (Å²) in [6.45, 7) is 3.32. The van der Waals surface area contributed by atoms with E-state index in [0.29, 0.717) is 5.69 Å². The Morgan fingerprint density at radius 2 is 1.92 bits per heavy atom. The fourth-order valence-electron chi connectivity index (χ4n) is 4.68. The minimum Gasteiger partial charge on any atom is -0.325 e. The predicted molar refractivity (Wildman–Crippen MR) is 103 cm³/mol. The molecule has 0 unspecified atom stereocenters. The molecule has 1 aromatic heterocycles. The molecule has 0 aliphatic carbocycles. The van der Waals surface area contributed by atoms with Gasteiger partial charge in [0.15, 0.2) is 0 Å². The van der Waals surface area contributed by atoms with Gasteiger partial charge in [-0.05, 0) is 50.4 Å². The summed E-state index contributed by atoms with van der Waals surface area (Å²) in [5.41, 5.74) is 1.71. The van der Waals surface area contributed by atoms with Crippen LogP contribution in [-0.4, -0.2) is 33.9 Å². The van der Waals surface area contributed by atoms with Crippen LogP contribution in [0.15, 0.2) is 54.7 Å². The largest absolute Gasteiger partial charge is 0.325 e. The standard InChI is InChI=1S/C22H27N3O/c1-22-16-19(17-10-4-2-5-11-17)25(20(22)13-6-3-8-15-24-22)21(26)18-12-7-9-14-23-18/h2,4-5,7,9-12,14,19-20,24H,3,6,8,13,15-16H2,1H3/t19-,20-,22-/m0/s1. The Bertz CT molecular complexity index is 748. The van der Waals surface area contributed by atoms with E-state index in [4.69, 9.17) is 0 Å². The number of pyridine rings is 1. The highest BCUT2D eigenvalue weighted by Crippen LogP contribution is 2.45. The van der Waals surface area contributed by atoms with E-state index in [1.54, 1.807) is 6.20 Å². The highest BCUT2D eigenvalue weighted by Gasteiger charge is 2.51. The van der Waals surface area contributed by atoms with Crippen molar-refractivity contribution >= 4 is 5.91 Å². The molecule has 4 heteroatoms. The van der Waals surface area contributed by atoms with Crippen molar-refractivity contribution in [3.63, 3.8) is 0 Å². The molecule has 1 aromatic carbocycles. The molecule has 2 fully saturated rings. The van der Waals surface area contributed by atoms with Crippen LogP contribution in [0.2, 0.25) is 0 Å². The van der Waals surface area contributed by atoms with Crippen LogP contribution in [0, 0.1) is 0 Å². The first kappa shape index (κ1) is 17.2. The maximum atomic E-state index is 13.5. The van der Waals surface area contributed by atoms with E-state index < -0.39 is 0 Å². The number of carbonyl (C=O) groups excluding carboxylic acids is 1. The van der Waals surface area contributed by atoms with E-state index in [1.807, 2.05) is 24.3 Å². The van der Waals surface area contributed by atoms with Gasteiger partial charge < -0.3 is 10.2 Å². The minimum atomic E-state index is -0.0502. The number of rotatable bonds is 2. The van der Waals surface area contributed by atoms with Crippen molar-refractivity contribution in [2.45, 2.75) is 56.7 Å². The van der Waals surface area contributed by atoms with E-state index in [2.05, 4.69) is 46.4 Å². The molecular formula is C22H27N3O. The normalized spacial score (nSPS) is 28.9. The molecule has 0 radical (unpaired) electrons. The van der Waals surface area contributed by atoms with Crippen molar-refractivity contribution < 1.29 is 4.79 Å². The number of likely N-dealkylation sites (tertiary alicyclic amines) is 1. The number of fused-ring (bicyclic) bond motifs is 1. The number of carbonyl (C=O) groups is 1. The summed E-state index contributed by atoms with van der Waals surface area (Å²) >= 11 is 0. The molecule has 2 aromatic rings. The lowest BCUT2D eigenvalue weighted by atomic mass is 9.85. The second-order valence-electron chi connectivity index (χ2n) is 7.77. The van der Waals surface area contributed by atoms with Gasteiger partial charge in [-0.3, -0.25) is 9.78 Å². The first-order valence-corrected chi connectivity index (χ1v) is 9.73. The number of hydrogen-bond acceptors (Lipinski definition) is 3. The number of nitrogens with zero attached hydrogens (tertiary/aromatic N) is 2. The molecular weight excluding hydrogens is 322 g/mol. The third-order valence-electron chi connectivity index (χ3n) is 6.01. The van der Waals surface area contributed by atoms with Crippen molar-refractivity contribution in [1.29, 1.82) is 0 Å². The molecule has 136 valence electrons. The van der Waals surface area contributed by atoms with Gasteiger partial charge in [0, 0.05) is 11.7 Å². The van der Waals surface area contributed by atoms with E-state index in [0.717, 1.165) is 19.4 Å². The van der Waals surface area contributed by atoms with Gasteiger partial charge in [0.1, 0.15) is 5.69 Å². The zero-order chi connectivity index (χ0) is 18.0. The predicted octanol–water partition coefficient (Wildman–Crippen LogP) is 3.96. The molecule has 0 bridgehead atoms. The molecule has 26 heavy (non-hydrogen) atoms. The summed E-state index contributed by atoms with van der Waals surface area (Å²) < 4.78 is 0. The highest BCUT2D eigenvalue weighted by molar-refractivity contribution is 5.93. The zero-order valence-electron chi connectivity index (χ0n) is 15.4. The van der Waals surface area contributed by atoms with E-state index in [9.17, 15) is 4.79 Å². The summed E-state index contributed by atoms with van der Waals surface area (Å²) in [6.07, 6.45) is 7.31. The quantitative estimate of drug-likeness (QED) is 0.892. The van der Waals surface area contributed by atoms with Gasteiger partial charge in [0.2, 0.25) is 0 Å². The molecule has 0 spiro atoms. The molecule has 0 saturated carbocycles. The lowest BCUT2D eigenvalue weighted by Gasteiger charge is -2.38. The van der Waals surface area contributed by atoms with Crippen molar-refractivity contribution in [1.82, 2.24) is 15.2 Å². The summed E-state index contributed by atoms with van der Waals surface area (Å²) in [5, 5.41) is 3.78. The highest BCUT2D eigenvalue weighted by atomic mass is 16.2. The van der Waals surface area contributed by atoms with Gasteiger partial charge in [-0.1, -0.05) is 49.2 Å². The summed E-state index contributed by atoms with van der Waals surface area (Å²) in [6, 6.07) is 16.3. The van der Waals surface area contributed by atoms with Crippen LogP contribution in [0.4, 0.5) is 0 Å². The van der Waals surface area contributed by atoms with Gasteiger partial charge in [0.05, 0.1) is 12.1 Å². The van der Waals surface area contributed by atoms with Crippen LogP contribution in [-0.2, 0) is 0 Å². The fraction of sp³-hybridized carbons (Fsp3) is 0.455. The fourth-order valence-corrected chi connectivity index (χ4v) is 4.68. The molecule has 3 heterocycles. The van der Waals surface area contributed by atoms with E-state index >= 15 is 0 Å². The molecule has 4 nitrogen and oxygen atoms in total. The maximum Gasteiger partial charge on any atom is 0.273 e. The number of hydrogen-bond donors (Lipinski definition) is 1. The van der Waals surface area contributed by atoms with Gasteiger partial charge >= 0.3 is 0 Å². The maximum absolute atomic E-state index is 13.5. The average molecular weight is 349 g/mol. The topological polar surface area (TPSA) is 45.2 Å². The lowest BCUT2D eigenvalue weighted by Crippen LogP contribution is -2.54. The third kappa shape index (κ3) is 3.14. The van der Waals surface area contributed by atoms with Crippen molar-refractivity contribution in [3.05, 3.63) is 66.0 Å². The molecule has 3 atom stereocenters. The smallest absolute Gasteiger partial charge is 0.273 e. The van der Waals surface area contributed by atoms with Crippen LogP contribution in [0.5, 0.6) is 0 Å². The number of amides is 1. The SMILES string of the molecule is C[C@]12C[C@@H](c3ccccc3)N(C(=O)c3ccccn3)[C@H]1CCCCCN2. The second kappa shape index (κ2) is 7.20. The third-order valence-corrected chi connectivity index (χ3v) is 6.01. The molecule has 2 saturated heterocycles. The van der Waals surface area contributed by atoms with Gasteiger partial charge in [-0.15, -0.1) is 0 Å². The first-order chi connectivity index (χ1) is 12.7. The molecule has 2 aliphatic rings. The minimum absolute atomic E-state index is 0.0502. The lowest BCUT2D eigenvalue weighted by molar-refractivity contribution is 0.0606. The van der Waals surface area contributed by atoms with Crippen LogP contribution < -0.4 is 5.32 Å². The average Bonchev–Trinajstić information content (AvgIpc) is 2.95. The second-order valence-corrected chi connectivity index (χ2v) is 7.77. The van der Waals surface area contributed by atoms with Crippen LogP contribution in [0.1, 0.15) is 61.1 Å². The monoisotopic (exact) mass is 349 g/mol. The molecule has 4 rings (SSSR count). The summed E-state index contributed by atoms with van der Waals surface area (Å²) in [5.74, 6) is 0.0514. The Morgan fingerprint density at radius 3 is 2.69 bits per heavy atom. The first-order valence-electron chi connectivity index (χ1n) is 9.73. The van der Waals surface area contributed by atoms with Gasteiger partial charge in [-0.2, -0.15) is 0 Å².